The summed E-state index contributed by atoms with van der Waals surface area (Å²) in [6, 6.07) is 8.91. The summed E-state index contributed by atoms with van der Waals surface area (Å²) in [5.74, 6) is 0. The molecule has 1 fully saturated rings. The van der Waals surface area contributed by atoms with E-state index >= 15 is 0 Å². The number of likely N-dealkylation sites (tertiary alicyclic amines) is 1. The monoisotopic (exact) mass is 244 g/mol. The zero-order chi connectivity index (χ0) is 12.6. The van der Waals surface area contributed by atoms with Gasteiger partial charge in [0.1, 0.15) is 0 Å². The van der Waals surface area contributed by atoms with Crippen LogP contribution >= 0.6 is 0 Å². The standard InChI is InChI=1S/C16H24N2/c1-17-10-3-2-7-15-8-6-9-16(13-15)14-18-11-4-5-12-18/h2,6-9,13,17H,3-5,10-12,14H2,1H3. The minimum absolute atomic E-state index is 1.05. The fourth-order valence-corrected chi connectivity index (χ4v) is 2.44. The summed E-state index contributed by atoms with van der Waals surface area (Å²) in [5.41, 5.74) is 2.76. The number of hydrogen-bond donors (Lipinski definition) is 1. The Hall–Kier alpha value is -1.12. The van der Waals surface area contributed by atoms with Crippen LogP contribution < -0.4 is 5.32 Å². The molecule has 0 aromatic heterocycles. The maximum absolute atomic E-state index is 3.16. The minimum atomic E-state index is 1.05. The third-order valence-electron chi connectivity index (χ3n) is 3.43. The van der Waals surface area contributed by atoms with Gasteiger partial charge in [0, 0.05) is 6.54 Å². The molecule has 98 valence electrons. The van der Waals surface area contributed by atoms with Crippen LogP contribution in [0.25, 0.3) is 6.08 Å². The van der Waals surface area contributed by atoms with Crippen molar-refractivity contribution in [3.63, 3.8) is 0 Å². The first-order valence-corrected chi connectivity index (χ1v) is 7.01. The minimum Gasteiger partial charge on any atom is -0.319 e. The molecule has 1 aromatic carbocycles. The molecule has 1 N–H and O–H groups in total. The van der Waals surface area contributed by atoms with Gasteiger partial charge in [-0.05, 0) is 57.1 Å². The fourth-order valence-electron chi connectivity index (χ4n) is 2.44. The van der Waals surface area contributed by atoms with Gasteiger partial charge in [-0.25, -0.2) is 0 Å². The molecular formula is C16H24N2. The van der Waals surface area contributed by atoms with Crippen LogP contribution in [-0.2, 0) is 6.54 Å². The van der Waals surface area contributed by atoms with E-state index in [1.807, 2.05) is 7.05 Å². The largest absolute Gasteiger partial charge is 0.319 e. The van der Waals surface area contributed by atoms with Crippen LogP contribution in [0.15, 0.2) is 30.3 Å². The second-order valence-electron chi connectivity index (χ2n) is 5.02. The van der Waals surface area contributed by atoms with E-state index in [2.05, 4.69) is 46.6 Å². The number of hydrogen-bond acceptors (Lipinski definition) is 2. The van der Waals surface area contributed by atoms with Gasteiger partial charge in [-0.1, -0.05) is 36.4 Å². The lowest BCUT2D eigenvalue weighted by molar-refractivity contribution is 0.331. The van der Waals surface area contributed by atoms with Crippen molar-refractivity contribution in [2.45, 2.75) is 25.8 Å². The molecular weight excluding hydrogens is 220 g/mol. The third-order valence-corrected chi connectivity index (χ3v) is 3.43. The van der Waals surface area contributed by atoms with Crippen molar-refractivity contribution in [2.24, 2.45) is 0 Å². The van der Waals surface area contributed by atoms with E-state index < -0.39 is 0 Å². The first-order valence-electron chi connectivity index (χ1n) is 7.01. The normalized spacial score (nSPS) is 16.7. The lowest BCUT2D eigenvalue weighted by Crippen LogP contribution is -2.18. The van der Waals surface area contributed by atoms with E-state index in [0.717, 1.165) is 19.5 Å². The summed E-state index contributed by atoms with van der Waals surface area (Å²) in [7, 11) is 1.99. The highest BCUT2D eigenvalue weighted by Crippen LogP contribution is 2.14. The van der Waals surface area contributed by atoms with Gasteiger partial charge in [-0.3, -0.25) is 4.90 Å². The molecule has 1 aliphatic heterocycles. The molecule has 0 unspecified atom stereocenters. The Balaban J connectivity index is 1.89. The van der Waals surface area contributed by atoms with Gasteiger partial charge in [-0.2, -0.15) is 0 Å². The van der Waals surface area contributed by atoms with Crippen LogP contribution in [0.1, 0.15) is 30.4 Å². The summed E-state index contributed by atoms with van der Waals surface area (Å²) in [5, 5.41) is 3.16. The van der Waals surface area contributed by atoms with Crippen molar-refractivity contribution in [1.82, 2.24) is 10.2 Å². The van der Waals surface area contributed by atoms with E-state index in [4.69, 9.17) is 0 Å². The van der Waals surface area contributed by atoms with E-state index in [1.165, 1.54) is 37.1 Å². The van der Waals surface area contributed by atoms with Gasteiger partial charge in [0.25, 0.3) is 0 Å². The molecule has 1 aromatic rings. The molecule has 18 heavy (non-hydrogen) atoms. The summed E-state index contributed by atoms with van der Waals surface area (Å²) in [6.45, 7) is 4.69. The number of rotatable bonds is 6. The molecule has 0 saturated carbocycles. The maximum Gasteiger partial charge on any atom is 0.0233 e. The highest BCUT2D eigenvalue weighted by atomic mass is 15.1. The SMILES string of the molecule is CNCCC=Cc1cccc(CN2CCCC2)c1. The highest BCUT2D eigenvalue weighted by Gasteiger charge is 2.11. The van der Waals surface area contributed by atoms with Crippen LogP contribution in [0.5, 0.6) is 0 Å². The number of nitrogens with one attached hydrogen (secondary N) is 1. The van der Waals surface area contributed by atoms with Crippen LogP contribution in [0.4, 0.5) is 0 Å². The number of benzene rings is 1. The van der Waals surface area contributed by atoms with E-state index in [-0.39, 0.29) is 0 Å². The Bertz CT molecular complexity index is 378. The second kappa shape index (κ2) is 7.34. The van der Waals surface area contributed by atoms with E-state index in [9.17, 15) is 0 Å². The van der Waals surface area contributed by atoms with Crippen molar-refractivity contribution >= 4 is 6.08 Å². The van der Waals surface area contributed by atoms with Crippen molar-refractivity contribution in [1.29, 1.82) is 0 Å². The summed E-state index contributed by atoms with van der Waals surface area (Å²) in [4.78, 5) is 2.55. The summed E-state index contributed by atoms with van der Waals surface area (Å²) >= 11 is 0. The van der Waals surface area contributed by atoms with Crippen molar-refractivity contribution in [3.8, 4) is 0 Å². The summed E-state index contributed by atoms with van der Waals surface area (Å²) < 4.78 is 0. The topological polar surface area (TPSA) is 15.3 Å². The molecule has 2 rings (SSSR count). The van der Waals surface area contributed by atoms with Gasteiger partial charge in [0.15, 0.2) is 0 Å². The molecule has 0 atom stereocenters. The number of nitrogens with zero attached hydrogens (tertiary/aromatic N) is 1. The zero-order valence-electron chi connectivity index (χ0n) is 11.4. The lowest BCUT2D eigenvalue weighted by atomic mass is 10.1. The van der Waals surface area contributed by atoms with Gasteiger partial charge in [0.05, 0.1) is 0 Å². The molecule has 0 amide bonds. The Labute approximate surface area is 111 Å². The smallest absolute Gasteiger partial charge is 0.0233 e. The fraction of sp³-hybridized carbons (Fsp3) is 0.500. The zero-order valence-corrected chi connectivity index (χ0v) is 11.4. The van der Waals surface area contributed by atoms with Crippen molar-refractivity contribution in [3.05, 3.63) is 41.5 Å². The Morgan fingerprint density at radius 2 is 2.11 bits per heavy atom. The predicted molar refractivity (Wildman–Crippen MR) is 78.5 cm³/mol. The van der Waals surface area contributed by atoms with Gasteiger partial charge < -0.3 is 5.32 Å². The first kappa shape index (κ1) is 13.3. The van der Waals surface area contributed by atoms with E-state index in [0.29, 0.717) is 0 Å². The molecule has 0 bridgehead atoms. The third kappa shape index (κ3) is 4.28. The first-order chi connectivity index (χ1) is 8.88. The predicted octanol–water partition coefficient (Wildman–Crippen LogP) is 2.91. The average Bonchev–Trinajstić information content (AvgIpc) is 2.88. The Kier molecular flexibility index (Phi) is 5.43. The molecule has 1 aliphatic rings. The molecule has 0 radical (unpaired) electrons. The van der Waals surface area contributed by atoms with E-state index in [1.54, 1.807) is 0 Å². The van der Waals surface area contributed by atoms with Crippen LogP contribution in [0, 0.1) is 0 Å². The molecule has 2 nitrogen and oxygen atoms in total. The molecule has 0 spiro atoms. The lowest BCUT2D eigenvalue weighted by Gasteiger charge is -2.14. The van der Waals surface area contributed by atoms with Gasteiger partial charge >= 0.3 is 0 Å². The Morgan fingerprint density at radius 1 is 1.28 bits per heavy atom. The van der Waals surface area contributed by atoms with Crippen LogP contribution in [-0.4, -0.2) is 31.6 Å². The Morgan fingerprint density at radius 3 is 2.89 bits per heavy atom. The van der Waals surface area contributed by atoms with Crippen LogP contribution in [0.3, 0.4) is 0 Å². The second-order valence-corrected chi connectivity index (χ2v) is 5.02. The maximum atomic E-state index is 3.16. The molecule has 0 aliphatic carbocycles. The summed E-state index contributed by atoms with van der Waals surface area (Å²) in [6.07, 6.45) is 8.29. The highest BCUT2D eigenvalue weighted by molar-refractivity contribution is 5.50. The molecule has 2 heteroatoms. The average molecular weight is 244 g/mol. The van der Waals surface area contributed by atoms with Crippen molar-refractivity contribution < 1.29 is 0 Å². The van der Waals surface area contributed by atoms with Crippen LogP contribution in [0.2, 0.25) is 0 Å². The van der Waals surface area contributed by atoms with Gasteiger partial charge in [-0.15, -0.1) is 0 Å². The van der Waals surface area contributed by atoms with Crippen molar-refractivity contribution in [2.75, 3.05) is 26.7 Å². The molecule has 1 heterocycles. The molecule has 1 saturated heterocycles. The quantitative estimate of drug-likeness (QED) is 0.774. The van der Waals surface area contributed by atoms with Gasteiger partial charge in [0.2, 0.25) is 0 Å².